The van der Waals surface area contributed by atoms with Gasteiger partial charge in [-0.1, -0.05) is 18.2 Å². The van der Waals surface area contributed by atoms with Crippen molar-refractivity contribution in [1.82, 2.24) is 14.9 Å². The van der Waals surface area contributed by atoms with Crippen LogP contribution in [0.25, 0.3) is 10.9 Å². The third-order valence-electron chi connectivity index (χ3n) is 6.41. The van der Waals surface area contributed by atoms with Gasteiger partial charge in [-0.05, 0) is 56.0 Å². The fourth-order valence-corrected chi connectivity index (χ4v) is 4.68. The van der Waals surface area contributed by atoms with E-state index in [1.54, 1.807) is 19.4 Å². The van der Waals surface area contributed by atoms with Crippen molar-refractivity contribution in [2.75, 3.05) is 13.7 Å². The van der Waals surface area contributed by atoms with Crippen molar-refractivity contribution in [3.8, 4) is 5.75 Å². The van der Waals surface area contributed by atoms with Crippen molar-refractivity contribution in [2.24, 2.45) is 0 Å². The number of nitrogens with zero attached hydrogens (tertiary/aromatic N) is 2. The Morgan fingerprint density at radius 3 is 2.97 bits per heavy atom. The zero-order valence-electron chi connectivity index (χ0n) is 18.7. The summed E-state index contributed by atoms with van der Waals surface area (Å²) in [5, 5.41) is 0.724. The minimum atomic E-state index is -0.318. The number of aromatic amines is 1. The molecule has 1 fully saturated rings. The van der Waals surface area contributed by atoms with Crippen LogP contribution >= 0.6 is 0 Å². The predicted molar refractivity (Wildman–Crippen MR) is 123 cm³/mol. The van der Waals surface area contributed by atoms with Gasteiger partial charge in [-0.3, -0.25) is 4.79 Å². The average molecular weight is 448 g/mol. The summed E-state index contributed by atoms with van der Waals surface area (Å²) in [4.78, 5) is 23.1. The Morgan fingerprint density at radius 2 is 2.12 bits per heavy atom. The predicted octanol–water partition coefficient (Wildman–Crippen LogP) is 5.57. The Morgan fingerprint density at radius 1 is 1.27 bits per heavy atom. The van der Waals surface area contributed by atoms with Crippen molar-refractivity contribution in [2.45, 2.75) is 38.6 Å². The lowest BCUT2D eigenvalue weighted by Crippen LogP contribution is -2.39. The van der Waals surface area contributed by atoms with Gasteiger partial charge in [0.2, 0.25) is 5.89 Å². The fourth-order valence-electron chi connectivity index (χ4n) is 4.68. The van der Waals surface area contributed by atoms with Gasteiger partial charge in [-0.2, -0.15) is 0 Å². The number of amides is 1. The van der Waals surface area contributed by atoms with Crippen LogP contribution in [-0.4, -0.2) is 34.4 Å². The van der Waals surface area contributed by atoms with Crippen molar-refractivity contribution >= 4 is 16.8 Å². The lowest BCUT2D eigenvalue weighted by molar-refractivity contribution is 0.0564. The number of ether oxygens (including phenoxy) is 1. The number of hydrogen-bond acceptors (Lipinski definition) is 4. The SMILES string of the molecule is COc1ccccc1Cc1cnc([C@H]2CCCCN2C(=O)c2[nH]c3ccc(F)cc3c2C)o1. The van der Waals surface area contributed by atoms with Crippen LogP contribution in [0, 0.1) is 12.7 Å². The Kier molecular flexibility index (Phi) is 5.62. The number of likely N-dealkylation sites (tertiary alicyclic amines) is 1. The van der Waals surface area contributed by atoms with Crippen LogP contribution in [0.2, 0.25) is 0 Å². The van der Waals surface area contributed by atoms with Crippen LogP contribution in [0.15, 0.2) is 53.1 Å². The Hall–Kier alpha value is -3.61. The molecule has 6 nitrogen and oxygen atoms in total. The van der Waals surface area contributed by atoms with E-state index in [1.807, 2.05) is 36.1 Å². The number of piperidine rings is 1. The van der Waals surface area contributed by atoms with Gasteiger partial charge in [0.15, 0.2) is 0 Å². The maximum absolute atomic E-state index is 13.7. The third-order valence-corrected chi connectivity index (χ3v) is 6.41. The highest BCUT2D eigenvalue weighted by Gasteiger charge is 2.33. The third kappa shape index (κ3) is 3.99. The van der Waals surface area contributed by atoms with E-state index >= 15 is 0 Å². The molecule has 1 aliphatic rings. The first-order valence-electron chi connectivity index (χ1n) is 11.2. The van der Waals surface area contributed by atoms with Crippen LogP contribution in [-0.2, 0) is 6.42 Å². The van der Waals surface area contributed by atoms with Gasteiger partial charge in [-0.25, -0.2) is 9.37 Å². The molecule has 0 bridgehead atoms. The molecule has 7 heteroatoms. The molecule has 0 radical (unpaired) electrons. The number of H-pyrrole nitrogens is 1. The molecule has 0 aliphatic carbocycles. The molecule has 1 amide bonds. The average Bonchev–Trinajstić information content (AvgIpc) is 3.43. The summed E-state index contributed by atoms with van der Waals surface area (Å²) in [5.74, 6) is 1.65. The topological polar surface area (TPSA) is 71.4 Å². The first kappa shape index (κ1) is 21.2. The van der Waals surface area contributed by atoms with Crippen molar-refractivity contribution in [1.29, 1.82) is 0 Å². The van der Waals surface area contributed by atoms with E-state index in [0.29, 0.717) is 24.6 Å². The second-order valence-corrected chi connectivity index (χ2v) is 8.48. The van der Waals surface area contributed by atoms with E-state index < -0.39 is 0 Å². The largest absolute Gasteiger partial charge is 0.496 e. The number of carbonyl (C=O) groups excluding carboxylic acids is 1. The smallest absolute Gasteiger partial charge is 0.271 e. The summed E-state index contributed by atoms with van der Waals surface area (Å²) in [5.41, 5.74) is 3.01. The van der Waals surface area contributed by atoms with Crippen LogP contribution in [0.4, 0.5) is 4.39 Å². The molecule has 33 heavy (non-hydrogen) atoms. The molecule has 4 aromatic rings. The number of oxazole rings is 1. The molecule has 5 rings (SSSR count). The number of methoxy groups -OCH3 is 1. The van der Waals surface area contributed by atoms with E-state index in [9.17, 15) is 9.18 Å². The first-order chi connectivity index (χ1) is 16.0. The monoisotopic (exact) mass is 447 g/mol. The summed E-state index contributed by atoms with van der Waals surface area (Å²) >= 11 is 0. The zero-order valence-corrected chi connectivity index (χ0v) is 18.7. The summed E-state index contributed by atoms with van der Waals surface area (Å²) < 4.78 is 25.3. The quantitative estimate of drug-likeness (QED) is 0.434. The number of rotatable bonds is 5. The van der Waals surface area contributed by atoms with E-state index in [0.717, 1.165) is 52.8 Å². The molecule has 1 atom stereocenters. The number of fused-ring (bicyclic) bond motifs is 1. The highest BCUT2D eigenvalue weighted by Crippen LogP contribution is 2.34. The van der Waals surface area contributed by atoms with E-state index in [2.05, 4.69) is 9.97 Å². The van der Waals surface area contributed by atoms with Gasteiger partial charge in [0, 0.05) is 29.4 Å². The number of benzene rings is 2. The molecule has 0 saturated carbocycles. The molecular weight excluding hydrogens is 421 g/mol. The molecule has 2 aromatic heterocycles. The number of aromatic nitrogens is 2. The molecule has 3 heterocycles. The molecule has 1 N–H and O–H groups in total. The molecular formula is C26H26FN3O3. The molecule has 0 unspecified atom stereocenters. The Balaban J connectivity index is 1.42. The fraction of sp³-hybridized carbons (Fsp3) is 0.308. The number of para-hydroxylation sites is 1. The van der Waals surface area contributed by atoms with Crippen LogP contribution in [0.5, 0.6) is 5.75 Å². The highest BCUT2D eigenvalue weighted by molar-refractivity contribution is 6.01. The van der Waals surface area contributed by atoms with Crippen LogP contribution in [0.1, 0.15) is 58.6 Å². The van der Waals surface area contributed by atoms with Crippen molar-refractivity contribution < 1.29 is 18.3 Å². The van der Waals surface area contributed by atoms with Gasteiger partial charge in [0.1, 0.15) is 29.1 Å². The number of hydrogen-bond donors (Lipinski definition) is 1. The minimum Gasteiger partial charge on any atom is -0.496 e. The molecule has 170 valence electrons. The minimum absolute atomic E-state index is 0.113. The zero-order chi connectivity index (χ0) is 22.9. The molecule has 0 spiro atoms. The van der Waals surface area contributed by atoms with Crippen LogP contribution in [0.3, 0.4) is 0 Å². The maximum atomic E-state index is 13.7. The standard InChI is InChI=1S/C26H26FN3O3/c1-16-20-14-18(27)10-11-21(20)29-24(16)26(31)30-12-6-5-8-22(30)25-28-15-19(33-25)13-17-7-3-4-9-23(17)32-2/h3-4,7,9-11,14-15,22,29H,5-6,8,12-13H2,1-2H3/t22-/m1/s1. The lowest BCUT2D eigenvalue weighted by atomic mass is 10.0. The normalized spacial score (nSPS) is 16.3. The summed E-state index contributed by atoms with van der Waals surface area (Å²) in [7, 11) is 1.65. The van der Waals surface area contributed by atoms with E-state index in [-0.39, 0.29) is 17.8 Å². The summed E-state index contributed by atoms with van der Waals surface area (Å²) in [6.07, 6.45) is 5.00. The van der Waals surface area contributed by atoms with E-state index in [4.69, 9.17) is 9.15 Å². The Labute approximate surface area is 191 Å². The molecule has 1 aliphatic heterocycles. The molecule has 1 saturated heterocycles. The Bertz CT molecular complexity index is 1310. The maximum Gasteiger partial charge on any atom is 0.271 e. The van der Waals surface area contributed by atoms with Gasteiger partial charge >= 0.3 is 0 Å². The number of nitrogens with one attached hydrogen (secondary N) is 1. The van der Waals surface area contributed by atoms with Gasteiger partial charge in [0.25, 0.3) is 5.91 Å². The number of aryl methyl sites for hydroxylation is 1. The second-order valence-electron chi connectivity index (χ2n) is 8.48. The first-order valence-corrected chi connectivity index (χ1v) is 11.2. The number of halogens is 1. The van der Waals surface area contributed by atoms with E-state index in [1.165, 1.54) is 12.1 Å². The van der Waals surface area contributed by atoms with Crippen LogP contribution < -0.4 is 4.74 Å². The van der Waals surface area contributed by atoms with Crippen molar-refractivity contribution in [3.63, 3.8) is 0 Å². The summed E-state index contributed by atoms with van der Waals surface area (Å²) in [6.45, 7) is 2.47. The van der Waals surface area contributed by atoms with Crippen molar-refractivity contribution in [3.05, 3.63) is 83.0 Å². The second kappa shape index (κ2) is 8.73. The van der Waals surface area contributed by atoms with Gasteiger partial charge in [-0.15, -0.1) is 0 Å². The van der Waals surface area contributed by atoms with Gasteiger partial charge < -0.3 is 19.0 Å². The van der Waals surface area contributed by atoms with Gasteiger partial charge in [0.05, 0.1) is 13.3 Å². The number of carbonyl (C=O) groups is 1. The summed E-state index contributed by atoms with van der Waals surface area (Å²) in [6, 6.07) is 12.1. The highest BCUT2D eigenvalue weighted by atomic mass is 19.1. The lowest BCUT2D eigenvalue weighted by Gasteiger charge is -2.33. The molecule has 2 aromatic carbocycles.